The summed E-state index contributed by atoms with van der Waals surface area (Å²) in [6.45, 7) is 10.0. The van der Waals surface area contributed by atoms with Gasteiger partial charge in [-0.05, 0) is 69.7 Å². The number of ketones is 1. The molecule has 1 N–H and O–H groups in total. The zero-order valence-electron chi connectivity index (χ0n) is 20.1. The first-order chi connectivity index (χ1) is 16.5. The SMILES string of the molecule is CCNC(=O)c1ccc(-c2cn3c(n2)sc2cc(C(=O)CCCCN(CC)CC)ccc23)cc1. The molecule has 4 aromatic rings. The lowest BCUT2D eigenvalue weighted by atomic mass is 10.1. The number of imidazole rings is 1. The number of carbonyl (C=O) groups excluding carboxylic acids is 2. The van der Waals surface area contributed by atoms with E-state index in [1.807, 2.05) is 55.6 Å². The molecule has 0 aliphatic heterocycles. The number of unbranched alkanes of at least 4 members (excludes halogenated alkanes) is 1. The Kier molecular flexibility index (Phi) is 7.75. The van der Waals surface area contributed by atoms with Crippen molar-refractivity contribution >= 4 is 38.2 Å². The summed E-state index contributed by atoms with van der Waals surface area (Å²) in [6, 6.07) is 13.5. The summed E-state index contributed by atoms with van der Waals surface area (Å²) in [5.74, 6) is 0.139. The maximum Gasteiger partial charge on any atom is 0.251 e. The van der Waals surface area contributed by atoms with Gasteiger partial charge < -0.3 is 10.2 Å². The molecular formula is C27H32N4O2S. The first-order valence-electron chi connectivity index (χ1n) is 12.1. The Labute approximate surface area is 204 Å². The van der Waals surface area contributed by atoms with Crippen molar-refractivity contribution in [1.29, 1.82) is 0 Å². The fourth-order valence-corrected chi connectivity index (χ4v) is 5.22. The molecule has 4 rings (SSSR count). The van der Waals surface area contributed by atoms with Gasteiger partial charge in [0.15, 0.2) is 10.7 Å². The first kappa shape index (κ1) is 24.1. The van der Waals surface area contributed by atoms with Gasteiger partial charge in [0, 0.05) is 35.9 Å². The highest BCUT2D eigenvalue weighted by molar-refractivity contribution is 7.23. The van der Waals surface area contributed by atoms with Gasteiger partial charge in [-0.25, -0.2) is 4.98 Å². The first-order valence-corrected chi connectivity index (χ1v) is 12.9. The highest BCUT2D eigenvalue weighted by Crippen LogP contribution is 2.30. The Morgan fingerprint density at radius 2 is 1.74 bits per heavy atom. The number of benzene rings is 2. The van der Waals surface area contributed by atoms with Crippen molar-refractivity contribution in [3.63, 3.8) is 0 Å². The highest BCUT2D eigenvalue weighted by Gasteiger charge is 2.14. The molecule has 0 fully saturated rings. The monoisotopic (exact) mass is 476 g/mol. The molecule has 0 saturated heterocycles. The van der Waals surface area contributed by atoms with Crippen LogP contribution in [0.5, 0.6) is 0 Å². The standard InChI is InChI=1S/C27H32N4O2S/c1-4-28-26(33)20-12-10-19(11-13-20)22-18-31-23-15-14-21(17-25(23)34-27(31)29-22)24(32)9-7-8-16-30(5-2)6-3/h10-15,17-18H,4-9,16H2,1-3H3,(H,28,33). The van der Waals surface area contributed by atoms with Gasteiger partial charge in [0.05, 0.1) is 15.9 Å². The molecule has 2 aromatic carbocycles. The molecule has 6 nitrogen and oxygen atoms in total. The highest BCUT2D eigenvalue weighted by atomic mass is 32.1. The topological polar surface area (TPSA) is 66.7 Å². The van der Waals surface area contributed by atoms with E-state index in [1.54, 1.807) is 11.3 Å². The van der Waals surface area contributed by atoms with E-state index < -0.39 is 0 Å². The van der Waals surface area contributed by atoms with E-state index in [9.17, 15) is 9.59 Å². The van der Waals surface area contributed by atoms with Gasteiger partial charge in [0.2, 0.25) is 0 Å². The van der Waals surface area contributed by atoms with Crippen molar-refractivity contribution in [3.05, 3.63) is 59.8 Å². The average Bonchev–Trinajstić information content (AvgIpc) is 3.42. The molecule has 0 saturated carbocycles. The van der Waals surface area contributed by atoms with Gasteiger partial charge >= 0.3 is 0 Å². The zero-order valence-corrected chi connectivity index (χ0v) is 21.0. The minimum Gasteiger partial charge on any atom is -0.352 e. The molecule has 0 aliphatic carbocycles. The van der Waals surface area contributed by atoms with Crippen LogP contribution < -0.4 is 5.32 Å². The van der Waals surface area contributed by atoms with E-state index in [0.29, 0.717) is 18.5 Å². The van der Waals surface area contributed by atoms with Crippen molar-refractivity contribution in [3.8, 4) is 11.3 Å². The molecule has 0 spiro atoms. The number of nitrogens with zero attached hydrogens (tertiary/aromatic N) is 3. The summed E-state index contributed by atoms with van der Waals surface area (Å²) < 4.78 is 3.14. The van der Waals surface area contributed by atoms with Gasteiger partial charge in [0.1, 0.15) is 0 Å². The minimum absolute atomic E-state index is 0.0693. The number of amides is 1. The lowest BCUT2D eigenvalue weighted by molar-refractivity contribution is 0.0953. The van der Waals surface area contributed by atoms with Gasteiger partial charge in [0.25, 0.3) is 5.91 Å². The molecule has 7 heteroatoms. The fourth-order valence-electron chi connectivity index (χ4n) is 4.17. The van der Waals surface area contributed by atoms with Crippen molar-refractivity contribution in [1.82, 2.24) is 19.6 Å². The predicted octanol–water partition coefficient (Wildman–Crippen LogP) is 5.66. The molecule has 0 bridgehead atoms. The van der Waals surface area contributed by atoms with Gasteiger partial charge in [-0.15, -0.1) is 0 Å². The normalized spacial score (nSPS) is 11.5. The number of hydrogen-bond acceptors (Lipinski definition) is 5. The summed E-state index contributed by atoms with van der Waals surface area (Å²) in [6.07, 6.45) is 4.58. The van der Waals surface area contributed by atoms with Crippen LogP contribution in [0, 0.1) is 0 Å². The number of hydrogen-bond donors (Lipinski definition) is 1. The van der Waals surface area contributed by atoms with Crippen molar-refractivity contribution in [2.75, 3.05) is 26.2 Å². The second kappa shape index (κ2) is 10.9. The number of fused-ring (bicyclic) bond motifs is 3. The van der Waals surface area contributed by atoms with E-state index in [0.717, 1.165) is 64.5 Å². The lowest BCUT2D eigenvalue weighted by Gasteiger charge is -2.17. The van der Waals surface area contributed by atoms with Crippen LogP contribution in [0.25, 0.3) is 26.4 Å². The number of thiazole rings is 1. The number of nitrogens with one attached hydrogen (secondary N) is 1. The maximum absolute atomic E-state index is 12.7. The summed E-state index contributed by atoms with van der Waals surface area (Å²) in [5, 5.41) is 2.81. The van der Waals surface area contributed by atoms with Gasteiger partial charge in [-0.1, -0.05) is 37.3 Å². The molecular weight excluding hydrogens is 444 g/mol. The van der Waals surface area contributed by atoms with Crippen LogP contribution in [0.4, 0.5) is 0 Å². The second-order valence-corrected chi connectivity index (χ2v) is 9.42. The number of Topliss-reactive ketones (excluding diaryl/α,β-unsaturated/α-hetero) is 1. The predicted molar refractivity (Wildman–Crippen MR) is 140 cm³/mol. The average molecular weight is 477 g/mol. The molecule has 0 radical (unpaired) electrons. The molecule has 0 unspecified atom stereocenters. The Balaban J connectivity index is 1.46. The lowest BCUT2D eigenvalue weighted by Crippen LogP contribution is -2.24. The van der Waals surface area contributed by atoms with Crippen LogP contribution in [-0.4, -0.2) is 52.2 Å². The quantitative estimate of drug-likeness (QED) is 0.224. The summed E-state index contributed by atoms with van der Waals surface area (Å²) in [7, 11) is 0. The van der Waals surface area contributed by atoms with Crippen LogP contribution in [0.2, 0.25) is 0 Å². The molecule has 0 atom stereocenters. The number of aromatic nitrogens is 2. The third-order valence-electron chi connectivity index (χ3n) is 6.22. The van der Waals surface area contributed by atoms with Crippen LogP contribution >= 0.6 is 11.3 Å². The van der Waals surface area contributed by atoms with E-state index in [2.05, 4.69) is 28.5 Å². The fraction of sp³-hybridized carbons (Fsp3) is 0.370. The summed E-state index contributed by atoms with van der Waals surface area (Å²) >= 11 is 1.59. The summed E-state index contributed by atoms with van der Waals surface area (Å²) in [5.41, 5.74) is 4.30. The van der Waals surface area contributed by atoms with Crippen molar-refractivity contribution in [2.24, 2.45) is 0 Å². The van der Waals surface area contributed by atoms with Crippen molar-refractivity contribution < 1.29 is 9.59 Å². The van der Waals surface area contributed by atoms with Crippen LogP contribution in [0.3, 0.4) is 0 Å². The number of carbonyl (C=O) groups is 2. The van der Waals surface area contributed by atoms with E-state index in [4.69, 9.17) is 4.98 Å². The zero-order chi connectivity index (χ0) is 24.1. The second-order valence-electron chi connectivity index (χ2n) is 8.41. The van der Waals surface area contributed by atoms with Crippen LogP contribution in [-0.2, 0) is 0 Å². The largest absolute Gasteiger partial charge is 0.352 e. The number of rotatable bonds is 11. The van der Waals surface area contributed by atoms with Gasteiger partial charge in [-0.2, -0.15) is 0 Å². The third kappa shape index (κ3) is 5.21. The van der Waals surface area contributed by atoms with E-state index in [1.165, 1.54) is 0 Å². The van der Waals surface area contributed by atoms with Gasteiger partial charge in [-0.3, -0.25) is 14.0 Å². The third-order valence-corrected chi connectivity index (χ3v) is 7.24. The smallest absolute Gasteiger partial charge is 0.251 e. The van der Waals surface area contributed by atoms with E-state index >= 15 is 0 Å². The molecule has 2 heterocycles. The molecule has 34 heavy (non-hydrogen) atoms. The Hall–Kier alpha value is -3.03. The molecule has 2 aromatic heterocycles. The maximum atomic E-state index is 12.7. The van der Waals surface area contributed by atoms with Crippen LogP contribution in [0.15, 0.2) is 48.7 Å². The van der Waals surface area contributed by atoms with Crippen molar-refractivity contribution in [2.45, 2.75) is 40.0 Å². The van der Waals surface area contributed by atoms with E-state index in [-0.39, 0.29) is 11.7 Å². The Bertz CT molecular complexity index is 1290. The summed E-state index contributed by atoms with van der Waals surface area (Å²) in [4.78, 5) is 32.8. The Morgan fingerprint density at radius 3 is 2.44 bits per heavy atom. The Morgan fingerprint density at radius 1 is 1.00 bits per heavy atom. The minimum atomic E-state index is -0.0693. The molecule has 178 valence electrons. The van der Waals surface area contributed by atoms with Crippen LogP contribution in [0.1, 0.15) is 60.7 Å². The molecule has 1 amide bonds. The molecule has 0 aliphatic rings.